The van der Waals surface area contributed by atoms with Crippen LogP contribution in [0.1, 0.15) is 25.7 Å². The smallest absolute Gasteiger partial charge is 0.119 e. The molecule has 1 aromatic rings. The van der Waals surface area contributed by atoms with Crippen molar-refractivity contribution in [3.8, 4) is 18.1 Å². The molecule has 2 heteroatoms. The molecular formula is C21H21NO. The van der Waals surface area contributed by atoms with E-state index >= 15 is 0 Å². The summed E-state index contributed by atoms with van der Waals surface area (Å²) in [7, 11) is 0. The SMILES string of the molecule is C#CCCCOc1ccc(N(C2=CC=CC2)C2=CC=CC2)cc1. The zero-order chi connectivity index (χ0) is 15.9. The summed E-state index contributed by atoms with van der Waals surface area (Å²) in [4.78, 5) is 2.34. The van der Waals surface area contributed by atoms with Crippen LogP contribution < -0.4 is 9.64 Å². The summed E-state index contributed by atoms with van der Waals surface area (Å²) in [5.74, 6) is 3.52. The highest BCUT2D eigenvalue weighted by Gasteiger charge is 2.18. The molecule has 0 saturated carbocycles. The molecule has 0 N–H and O–H groups in total. The number of nitrogens with zero attached hydrogens (tertiary/aromatic N) is 1. The number of hydrogen-bond acceptors (Lipinski definition) is 2. The van der Waals surface area contributed by atoms with Crippen LogP contribution in [0, 0.1) is 12.3 Å². The maximum Gasteiger partial charge on any atom is 0.119 e. The van der Waals surface area contributed by atoms with Gasteiger partial charge in [-0.3, -0.25) is 0 Å². The minimum absolute atomic E-state index is 0.664. The molecule has 23 heavy (non-hydrogen) atoms. The van der Waals surface area contributed by atoms with Crippen LogP contribution >= 0.6 is 0 Å². The monoisotopic (exact) mass is 303 g/mol. The van der Waals surface area contributed by atoms with Crippen molar-refractivity contribution < 1.29 is 4.74 Å². The van der Waals surface area contributed by atoms with Crippen LogP contribution in [-0.4, -0.2) is 6.61 Å². The Balaban J connectivity index is 1.71. The van der Waals surface area contributed by atoms with E-state index in [0.717, 1.165) is 31.4 Å². The predicted molar refractivity (Wildman–Crippen MR) is 96.2 cm³/mol. The lowest BCUT2D eigenvalue weighted by atomic mass is 10.2. The third kappa shape index (κ3) is 3.76. The van der Waals surface area contributed by atoms with Crippen LogP contribution in [0.2, 0.25) is 0 Å². The van der Waals surface area contributed by atoms with Crippen molar-refractivity contribution >= 4 is 5.69 Å². The van der Waals surface area contributed by atoms with E-state index in [2.05, 4.69) is 59.4 Å². The van der Waals surface area contributed by atoms with Crippen molar-refractivity contribution in [3.05, 3.63) is 72.1 Å². The zero-order valence-electron chi connectivity index (χ0n) is 13.2. The number of terminal acetylenes is 1. The fraction of sp³-hybridized carbons (Fsp3) is 0.238. The molecule has 2 aliphatic rings. The van der Waals surface area contributed by atoms with Gasteiger partial charge >= 0.3 is 0 Å². The molecule has 0 unspecified atom stereocenters. The highest BCUT2D eigenvalue weighted by atomic mass is 16.5. The third-order valence-corrected chi connectivity index (χ3v) is 3.91. The molecule has 3 rings (SSSR count). The quantitative estimate of drug-likeness (QED) is 0.521. The molecule has 0 heterocycles. The van der Waals surface area contributed by atoms with Crippen LogP contribution in [-0.2, 0) is 0 Å². The number of anilines is 1. The second kappa shape index (κ2) is 7.56. The summed E-state index contributed by atoms with van der Waals surface area (Å²) in [6, 6.07) is 8.30. The first-order valence-corrected chi connectivity index (χ1v) is 8.06. The maximum absolute atomic E-state index is 5.73. The number of unbranched alkanes of at least 4 members (excludes halogenated alkanes) is 1. The van der Waals surface area contributed by atoms with Gasteiger partial charge in [0.2, 0.25) is 0 Å². The van der Waals surface area contributed by atoms with Gasteiger partial charge in [0.25, 0.3) is 0 Å². The first-order valence-electron chi connectivity index (χ1n) is 8.06. The van der Waals surface area contributed by atoms with E-state index in [4.69, 9.17) is 11.2 Å². The zero-order valence-corrected chi connectivity index (χ0v) is 13.2. The molecule has 2 aliphatic carbocycles. The van der Waals surface area contributed by atoms with E-state index in [1.807, 2.05) is 12.1 Å². The molecule has 2 nitrogen and oxygen atoms in total. The van der Waals surface area contributed by atoms with Crippen molar-refractivity contribution in [2.45, 2.75) is 25.7 Å². The van der Waals surface area contributed by atoms with Crippen LogP contribution in [0.3, 0.4) is 0 Å². The van der Waals surface area contributed by atoms with E-state index in [1.165, 1.54) is 17.1 Å². The summed E-state index contributed by atoms with van der Waals surface area (Å²) in [5.41, 5.74) is 3.79. The van der Waals surface area contributed by atoms with Gasteiger partial charge in [-0.1, -0.05) is 24.3 Å². The predicted octanol–water partition coefficient (Wildman–Crippen LogP) is 4.97. The Morgan fingerprint density at radius 2 is 1.65 bits per heavy atom. The largest absolute Gasteiger partial charge is 0.494 e. The molecule has 0 spiro atoms. The molecule has 1 aromatic carbocycles. The second-order valence-corrected chi connectivity index (χ2v) is 5.57. The van der Waals surface area contributed by atoms with Gasteiger partial charge in [0.15, 0.2) is 0 Å². The van der Waals surface area contributed by atoms with E-state index in [9.17, 15) is 0 Å². The highest BCUT2D eigenvalue weighted by Crippen LogP contribution is 2.32. The molecule has 0 amide bonds. The Morgan fingerprint density at radius 1 is 1.00 bits per heavy atom. The summed E-state index contributed by atoms with van der Waals surface area (Å²) in [5, 5.41) is 0. The Labute approximate surface area is 138 Å². The number of hydrogen-bond donors (Lipinski definition) is 0. The van der Waals surface area contributed by atoms with Gasteiger partial charge in [-0.15, -0.1) is 12.3 Å². The van der Waals surface area contributed by atoms with Crippen molar-refractivity contribution in [1.82, 2.24) is 0 Å². The molecule has 116 valence electrons. The van der Waals surface area contributed by atoms with Crippen molar-refractivity contribution in [2.75, 3.05) is 11.5 Å². The lowest BCUT2D eigenvalue weighted by Gasteiger charge is -2.27. The minimum atomic E-state index is 0.664. The number of benzene rings is 1. The van der Waals surface area contributed by atoms with Gasteiger partial charge < -0.3 is 9.64 Å². The summed E-state index contributed by atoms with van der Waals surface area (Å²) < 4.78 is 5.73. The Bertz CT molecular complexity index is 668. The lowest BCUT2D eigenvalue weighted by Crippen LogP contribution is -2.20. The van der Waals surface area contributed by atoms with E-state index in [0.29, 0.717) is 6.61 Å². The van der Waals surface area contributed by atoms with E-state index in [-0.39, 0.29) is 0 Å². The van der Waals surface area contributed by atoms with Crippen molar-refractivity contribution in [2.24, 2.45) is 0 Å². The third-order valence-electron chi connectivity index (χ3n) is 3.91. The maximum atomic E-state index is 5.73. The van der Waals surface area contributed by atoms with Crippen LogP contribution in [0.15, 0.2) is 72.1 Å². The highest BCUT2D eigenvalue weighted by molar-refractivity contribution is 5.62. The normalized spacial score (nSPS) is 15.3. The Hall–Kier alpha value is -2.66. The summed E-state index contributed by atoms with van der Waals surface area (Å²) >= 11 is 0. The molecule has 0 bridgehead atoms. The molecular weight excluding hydrogens is 282 g/mol. The molecule has 0 saturated heterocycles. The van der Waals surface area contributed by atoms with Gasteiger partial charge in [-0.25, -0.2) is 0 Å². The average Bonchev–Trinajstić information content (AvgIpc) is 3.28. The van der Waals surface area contributed by atoms with Gasteiger partial charge in [0.05, 0.1) is 6.61 Å². The molecule has 0 aliphatic heterocycles. The number of ether oxygens (including phenoxy) is 1. The molecule has 0 aromatic heterocycles. The Kier molecular flexibility index (Phi) is 5.01. The molecule has 0 fully saturated rings. The summed E-state index contributed by atoms with van der Waals surface area (Å²) in [6.07, 6.45) is 21.8. The lowest BCUT2D eigenvalue weighted by molar-refractivity contribution is 0.313. The second-order valence-electron chi connectivity index (χ2n) is 5.57. The van der Waals surface area contributed by atoms with E-state index in [1.54, 1.807) is 0 Å². The van der Waals surface area contributed by atoms with Crippen LogP contribution in [0.4, 0.5) is 5.69 Å². The summed E-state index contributed by atoms with van der Waals surface area (Å²) in [6.45, 7) is 0.664. The minimum Gasteiger partial charge on any atom is -0.494 e. The number of rotatable bonds is 7. The first kappa shape index (κ1) is 15.2. The topological polar surface area (TPSA) is 12.5 Å². The standard InChI is InChI=1S/C21H21NO/c1-2-3-8-17-23-21-15-13-20(14-16-21)22(18-9-4-5-10-18)19-11-6-7-12-19/h1,4-7,9,11,13-16H,3,8,10,12,17H2. The van der Waals surface area contributed by atoms with Gasteiger partial charge in [0.1, 0.15) is 5.75 Å². The van der Waals surface area contributed by atoms with Crippen molar-refractivity contribution in [1.29, 1.82) is 0 Å². The fourth-order valence-corrected chi connectivity index (χ4v) is 2.78. The fourth-order valence-electron chi connectivity index (χ4n) is 2.78. The van der Waals surface area contributed by atoms with Gasteiger partial charge in [0, 0.05) is 36.3 Å². The van der Waals surface area contributed by atoms with Gasteiger partial charge in [-0.2, -0.15) is 0 Å². The van der Waals surface area contributed by atoms with E-state index < -0.39 is 0 Å². The van der Waals surface area contributed by atoms with Crippen molar-refractivity contribution in [3.63, 3.8) is 0 Å². The van der Waals surface area contributed by atoms with Gasteiger partial charge in [-0.05, 0) is 42.8 Å². The molecule has 0 atom stereocenters. The van der Waals surface area contributed by atoms with Crippen LogP contribution in [0.5, 0.6) is 5.75 Å². The van der Waals surface area contributed by atoms with Crippen LogP contribution in [0.25, 0.3) is 0 Å². The Morgan fingerprint density at radius 3 is 2.17 bits per heavy atom. The average molecular weight is 303 g/mol. The molecule has 0 radical (unpaired) electrons. The first-order chi connectivity index (χ1) is 11.4. The number of allylic oxidation sites excluding steroid dienone is 6.